The summed E-state index contributed by atoms with van der Waals surface area (Å²) in [5, 5.41) is 0. The lowest BCUT2D eigenvalue weighted by Crippen LogP contribution is -2.11. The Labute approximate surface area is 73.1 Å². The van der Waals surface area contributed by atoms with Crippen molar-refractivity contribution in [3.63, 3.8) is 0 Å². The molecule has 0 amide bonds. The van der Waals surface area contributed by atoms with E-state index in [1.54, 1.807) is 6.20 Å². The quantitative estimate of drug-likeness (QED) is 0.688. The van der Waals surface area contributed by atoms with Crippen LogP contribution in [0.15, 0.2) is 37.1 Å². The molecule has 1 aromatic heterocycles. The summed E-state index contributed by atoms with van der Waals surface area (Å²) in [4.78, 5) is 4.17. The first-order chi connectivity index (χ1) is 5.84. The summed E-state index contributed by atoms with van der Waals surface area (Å²) in [6.45, 7) is 3.65. The zero-order valence-corrected chi connectivity index (χ0v) is 7.11. The van der Waals surface area contributed by atoms with Gasteiger partial charge in [0.05, 0.1) is 5.69 Å². The number of nitrogens with two attached hydrogens (primary N) is 1. The number of hydrogen-bond acceptors (Lipinski definition) is 2. The van der Waals surface area contributed by atoms with Gasteiger partial charge in [0.15, 0.2) is 0 Å². The van der Waals surface area contributed by atoms with E-state index < -0.39 is 0 Å². The summed E-state index contributed by atoms with van der Waals surface area (Å²) in [7, 11) is 0. The topological polar surface area (TPSA) is 38.9 Å². The van der Waals surface area contributed by atoms with Crippen LogP contribution in [-0.2, 0) is 0 Å². The Bertz CT molecular complexity index is 231. The molecule has 0 saturated carbocycles. The second-order valence-electron chi connectivity index (χ2n) is 2.73. The van der Waals surface area contributed by atoms with Crippen molar-refractivity contribution in [3.8, 4) is 0 Å². The van der Waals surface area contributed by atoms with Crippen molar-refractivity contribution < 1.29 is 0 Å². The highest BCUT2D eigenvalue weighted by atomic mass is 14.8. The molecule has 1 aromatic rings. The predicted octanol–water partition coefficient (Wildman–Crippen LogP) is 2.05. The van der Waals surface area contributed by atoms with E-state index in [0.717, 1.165) is 18.5 Å². The first kappa shape index (κ1) is 8.94. The predicted molar refractivity (Wildman–Crippen MR) is 50.6 cm³/mol. The van der Waals surface area contributed by atoms with Crippen LogP contribution < -0.4 is 5.73 Å². The van der Waals surface area contributed by atoms with Crippen molar-refractivity contribution in [3.05, 3.63) is 42.7 Å². The lowest BCUT2D eigenvalue weighted by molar-refractivity contribution is 0.642. The fraction of sp³-hybridized carbons (Fsp3) is 0.300. The first-order valence-electron chi connectivity index (χ1n) is 4.12. The van der Waals surface area contributed by atoms with E-state index in [-0.39, 0.29) is 6.04 Å². The molecule has 0 aromatic carbocycles. The molecule has 0 radical (unpaired) electrons. The van der Waals surface area contributed by atoms with Gasteiger partial charge in [-0.2, -0.15) is 0 Å². The summed E-state index contributed by atoms with van der Waals surface area (Å²) in [5.74, 6) is 0. The van der Waals surface area contributed by atoms with Gasteiger partial charge in [-0.3, -0.25) is 4.98 Å². The Morgan fingerprint density at radius 3 is 3.00 bits per heavy atom. The second kappa shape index (κ2) is 4.67. The molecule has 12 heavy (non-hydrogen) atoms. The summed E-state index contributed by atoms with van der Waals surface area (Å²) in [6.07, 6.45) is 5.50. The third-order valence-corrected chi connectivity index (χ3v) is 1.75. The van der Waals surface area contributed by atoms with Gasteiger partial charge in [0, 0.05) is 12.2 Å². The highest BCUT2D eigenvalue weighted by molar-refractivity contribution is 5.07. The molecule has 1 heterocycles. The van der Waals surface area contributed by atoms with Crippen molar-refractivity contribution in [2.75, 3.05) is 0 Å². The molecule has 64 valence electrons. The van der Waals surface area contributed by atoms with E-state index in [1.165, 1.54) is 0 Å². The van der Waals surface area contributed by atoms with E-state index in [9.17, 15) is 0 Å². The van der Waals surface area contributed by atoms with Crippen LogP contribution in [0.25, 0.3) is 0 Å². The lowest BCUT2D eigenvalue weighted by Gasteiger charge is -2.08. The minimum absolute atomic E-state index is 0.0456. The second-order valence-corrected chi connectivity index (χ2v) is 2.73. The number of nitrogens with zero attached hydrogens (tertiary/aromatic N) is 1. The van der Waals surface area contributed by atoms with Crippen LogP contribution in [0, 0.1) is 0 Å². The van der Waals surface area contributed by atoms with E-state index >= 15 is 0 Å². The molecular formula is C10H14N2. The van der Waals surface area contributed by atoms with Gasteiger partial charge in [-0.1, -0.05) is 12.1 Å². The van der Waals surface area contributed by atoms with Crippen LogP contribution in [0.2, 0.25) is 0 Å². The van der Waals surface area contributed by atoms with E-state index in [4.69, 9.17) is 5.73 Å². The fourth-order valence-electron chi connectivity index (χ4n) is 1.04. The van der Waals surface area contributed by atoms with Gasteiger partial charge in [0.25, 0.3) is 0 Å². The summed E-state index contributed by atoms with van der Waals surface area (Å²) < 4.78 is 0. The smallest absolute Gasteiger partial charge is 0.0571 e. The minimum Gasteiger partial charge on any atom is -0.323 e. The van der Waals surface area contributed by atoms with Crippen LogP contribution in [-0.4, -0.2) is 4.98 Å². The third kappa shape index (κ3) is 2.47. The molecule has 0 aliphatic heterocycles. The van der Waals surface area contributed by atoms with E-state index in [0.29, 0.717) is 0 Å². The molecule has 0 aliphatic carbocycles. The van der Waals surface area contributed by atoms with Gasteiger partial charge in [-0.05, 0) is 25.0 Å². The molecule has 2 N–H and O–H groups in total. The zero-order chi connectivity index (χ0) is 8.81. The molecule has 1 rings (SSSR count). The highest BCUT2D eigenvalue weighted by Crippen LogP contribution is 2.12. The van der Waals surface area contributed by atoms with Gasteiger partial charge in [0.1, 0.15) is 0 Å². The summed E-state index contributed by atoms with van der Waals surface area (Å²) in [5.41, 5.74) is 6.83. The molecular weight excluding hydrogens is 148 g/mol. The Morgan fingerprint density at radius 2 is 2.42 bits per heavy atom. The monoisotopic (exact) mass is 162 g/mol. The van der Waals surface area contributed by atoms with Crippen LogP contribution in [0.1, 0.15) is 24.6 Å². The van der Waals surface area contributed by atoms with Crippen molar-refractivity contribution in [2.45, 2.75) is 18.9 Å². The van der Waals surface area contributed by atoms with Gasteiger partial charge < -0.3 is 5.73 Å². The maximum absolute atomic E-state index is 5.87. The van der Waals surface area contributed by atoms with Gasteiger partial charge in [0.2, 0.25) is 0 Å². The normalized spacial score (nSPS) is 12.4. The van der Waals surface area contributed by atoms with Crippen molar-refractivity contribution in [2.24, 2.45) is 5.73 Å². The number of pyridine rings is 1. The van der Waals surface area contributed by atoms with Crippen molar-refractivity contribution in [1.82, 2.24) is 4.98 Å². The molecule has 0 aliphatic rings. The first-order valence-corrected chi connectivity index (χ1v) is 4.12. The van der Waals surface area contributed by atoms with E-state index in [2.05, 4.69) is 11.6 Å². The molecule has 0 fully saturated rings. The Hall–Kier alpha value is -1.15. The number of hydrogen-bond donors (Lipinski definition) is 1. The number of aromatic nitrogens is 1. The average molecular weight is 162 g/mol. The largest absolute Gasteiger partial charge is 0.323 e. The van der Waals surface area contributed by atoms with E-state index in [1.807, 2.05) is 24.3 Å². The Morgan fingerprint density at radius 1 is 1.58 bits per heavy atom. The molecule has 2 nitrogen and oxygen atoms in total. The van der Waals surface area contributed by atoms with Crippen LogP contribution in [0.5, 0.6) is 0 Å². The maximum Gasteiger partial charge on any atom is 0.0571 e. The van der Waals surface area contributed by atoms with Crippen LogP contribution in [0.3, 0.4) is 0 Å². The molecule has 1 atom stereocenters. The molecule has 0 spiro atoms. The standard InChI is InChI=1S/C10H14N2/c1-2-3-6-9(11)10-7-4-5-8-12-10/h2,4-5,7-9H,1,3,6,11H2. The van der Waals surface area contributed by atoms with Crippen molar-refractivity contribution in [1.29, 1.82) is 0 Å². The SMILES string of the molecule is C=CCCC(N)c1ccccn1. The molecule has 1 unspecified atom stereocenters. The number of rotatable bonds is 4. The summed E-state index contributed by atoms with van der Waals surface area (Å²) >= 11 is 0. The van der Waals surface area contributed by atoms with Crippen LogP contribution in [0.4, 0.5) is 0 Å². The molecule has 2 heteroatoms. The van der Waals surface area contributed by atoms with Gasteiger partial charge in [-0.15, -0.1) is 6.58 Å². The third-order valence-electron chi connectivity index (χ3n) is 1.75. The van der Waals surface area contributed by atoms with Crippen molar-refractivity contribution >= 4 is 0 Å². The average Bonchev–Trinajstić information content (AvgIpc) is 2.15. The lowest BCUT2D eigenvalue weighted by atomic mass is 10.1. The highest BCUT2D eigenvalue weighted by Gasteiger charge is 2.03. The van der Waals surface area contributed by atoms with Crippen LogP contribution >= 0.6 is 0 Å². The van der Waals surface area contributed by atoms with Gasteiger partial charge in [-0.25, -0.2) is 0 Å². The summed E-state index contributed by atoms with van der Waals surface area (Å²) in [6, 6.07) is 5.84. The number of allylic oxidation sites excluding steroid dienone is 1. The molecule has 0 saturated heterocycles. The minimum atomic E-state index is 0.0456. The fourth-order valence-corrected chi connectivity index (χ4v) is 1.04. The Balaban J connectivity index is 2.53. The maximum atomic E-state index is 5.87. The Kier molecular flexibility index (Phi) is 3.48. The van der Waals surface area contributed by atoms with Gasteiger partial charge >= 0.3 is 0 Å². The molecule has 0 bridgehead atoms. The zero-order valence-electron chi connectivity index (χ0n) is 7.11.